The number of nitrogens with zero attached hydrogens (tertiary/aromatic N) is 1. The van der Waals surface area contributed by atoms with Crippen molar-refractivity contribution in [1.82, 2.24) is 9.62 Å². The van der Waals surface area contributed by atoms with Gasteiger partial charge in [0.1, 0.15) is 0 Å². The van der Waals surface area contributed by atoms with Gasteiger partial charge >= 0.3 is 0 Å². The molecule has 2 fully saturated rings. The highest BCUT2D eigenvalue weighted by Crippen LogP contribution is 2.27. The first-order valence-corrected chi connectivity index (χ1v) is 9.20. The summed E-state index contributed by atoms with van der Waals surface area (Å²) in [5.74, 6) is -0.408. The molecular weight excluding hydrogens is 296 g/mol. The number of rotatable bonds is 4. The van der Waals surface area contributed by atoms with E-state index in [1.807, 2.05) is 0 Å². The molecule has 2 rings (SSSR count). The van der Waals surface area contributed by atoms with Crippen LogP contribution in [0.2, 0.25) is 0 Å². The zero-order valence-corrected chi connectivity index (χ0v) is 13.1. The third-order valence-corrected chi connectivity index (χ3v) is 5.84. The van der Waals surface area contributed by atoms with E-state index in [1.165, 1.54) is 10.6 Å². The van der Waals surface area contributed by atoms with Crippen molar-refractivity contribution in [2.75, 3.05) is 26.0 Å². The topological polar surface area (TPSA) is 107 Å². The maximum absolute atomic E-state index is 12.2. The molecule has 0 aromatic carbocycles. The van der Waals surface area contributed by atoms with E-state index in [0.29, 0.717) is 38.8 Å². The van der Waals surface area contributed by atoms with Gasteiger partial charge in [0.05, 0.1) is 12.4 Å². The largest absolute Gasteiger partial charge is 0.396 e. The van der Waals surface area contributed by atoms with Crippen LogP contribution in [0.4, 0.5) is 0 Å². The van der Waals surface area contributed by atoms with Crippen molar-refractivity contribution in [3.05, 3.63) is 0 Å². The maximum atomic E-state index is 12.2. The summed E-state index contributed by atoms with van der Waals surface area (Å²) in [5.41, 5.74) is 0. The normalized spacial score (nSPS) is 32.2. The fourth-order valence-electron chi connectivity index (χ4n) is 3.19. The lowest BCUT2D eigenvalue weighted by Gasteiger charge is -2.30. The molecule has 1 saturated heterocycles. The van der Waals surface area contributed by atoms with Crippen molar-refractivity contribution in [2.24, 2.45) is 11.8 Å². The Morgan fingerprint density at radius 3 is 2.38 bits per heavy atom. The van der Waals surface area contributed by atoms with E-state index in [-0.39, 0.29) is 30.4 Å². The van der Waals surface area contributed by atoms with Gasteiger partial charge in [0.15, 0.2) is 0 Å². The molecule has 0 radical (unpaired) electrons. The fraction of sp³-hybridized carbons (Fsp3) is 0.923. The first-order valence-electron chi connectivity index (χ1n) is 7.35. The van der Waals surface area contributed by atoms with Gasteiger partial charge in [-0.2, -0.15) is 0 Å². The minimum absolute atomic E-state index is 0.0692. The smallest absolute Gasteiger partial charge is 0.223 e. The highest BCUT2D eigenvalue weighted by Gasteiger charge is 2.35. The standard InChI is InChI=1S/C13H24N2O5S/c1-21(19,20)15-4-2-9(3-5-15)13(18)14-11-6-10(8-16)12(17)7-11/h9-12,16-17H,2-8H2,1H3,(H,14,18)/t10-,11-,12-/m0/s1. The minimum Gasteiger partial charge on any atom is -0.396 e. The SMILES string of the molecule is CS(=O)(=O)N1CCC(C(=O)N[C@H]2C[C@@H](CO)[C@@H](O)C2)CC1. The lowest BCUT2D eigenvalue weighted by Crippen LogP contribution is -2.44. The molecule has 1 aliphatic carbocycles. The number of amides is 1. The van der Waals surface area contributed by atoms with Gasteiger partial charge < -0.3 is 15.5 Å². The molecule has 0 aromatic rings. The first-order chi connectivity index (χ1) is 9.81. The average molecular weight is 320 g/mol. The van der Waals surface area contributed by atoms with Crippen molar-refractivity contribution in [3.8, 4) is 0 Å². The summed E-state index contributed by atoms with van der Waals surface area (Å²) in [4.78, 5) is 12.2. The molecule has 0 bridgehead atoms. The molecule has 1 heterocycles. The van der Waals surface area contributed by atoms with Crippen LogP contribution >= 0.6 is 0 Å². The van der Waals surface area contributed by atoms with Gasteiger partial charge in [-0.15, -0.1) is 0 Å². The highest BCUT2D eigenvalue weighted by atomic mass is 32.2. The highest BCUT2D eigenvalue weighted by molar-refractivity contribution is 7.88. The van der Waals surface area contributed by atoms with E-state index >= 15 is 0 Å². The number of carbonyl (C=O) groups excluding carboxylic acids is 1. The van der Waals surface area contributed by atoms with Gasteiger partial charge in [-0.1, -0.05) is 0 Å². The van der Waals surface area contributed by atoms with Crippen LogP contribution in [0.5, 0.6) is 0 Å². The number of hydrogen-bond acceptors (Lipinski definition) is 5. The molecule has 0 spiro atoms. The molecular formula is C13H24N2O5S. The van der Waals surface area contributed by atoms with Crippen LogP contribution in [0.25, 0.3) is 0 Å². The van der Waals surface area contributed by atoms with E-state index < -0.39 is 16.1 Å². The third kappa shape index (κ3) is 4.15. The molecule has 21 heavy (non-hydrogen) atoms. The predicted octanol–water partition coefficient (Wildman–Crippen LogP) is -1.09. The molecule has 2 aliphatic rings. The molecule has 0 aromatic heterocycles. The lowest BCUT2D eigenvalue weighted by molar-refractivity contribution is -0.126. The van der Waals surface area contributed by atoms with Crippen molar-refractivity contribution in [1.29, 1.82) is 0 Å². The predicted molar refractivity (Wildman–Crippen MR) is 76.9 cm³/mol. The minimum atomic E-state index is -3.17. The third-order valence-electron chi connectivity index (χ3n) is 4.53. The summed E-state index contributed by atoms with van der Waals surface area (Å²) in [5, 5.41) is 21.7. The monoisotopic (exact) mass is 320 g/mol. The maximum Gasteiger partial charge on any atom is 0.223 e. The van der Waals surface area contributed by atoms with Crippen molar-refractivity contribution < 1.29 is 23.4 Å². The summed E-state index contributed by atoms with van der Waals surface area (Å²) >= 11 is 0. The van der Waals surface area contributed by atoms with E-state index in [4.69, 9.17) is 5.11 Å². The first kappa shape index (κ1) is 16.7. The number of sulfonamides is 1. The van der Waals surface area contributed by atoms with Crippen LogP contribution in [0.1, 0.15) is 25.7 Å². The van der Waals surface area contributed by atoms with E-state index in [1.54, 1.807) is 0 Å². The molecule has 3 atom stereocenters. The van der Waals surface area contributed by atoms with Crippen molar-refractivity contribution >= 4 is 15.9 Å². The Balaban J connectivity index is 1.81. The van der Waals surface area contributed by atoms with Gasteiger partial charge in [0.25, 0.3) is 0 Å². The number of aliphatic hydroxyl groups is 2. The molecule has 122 valence electrons. The van der Waals surface area contributed by atoms with Crippen molar-refractivity contribution in [2.45, 2.75) is 37.8 Å². The summed E-state index contributed by atoms with van der Waals surface area (Å²) < 4.78 is 24.2. The van der Waals surface area contributed by atoms with Gasteiger partial charge in [0.2, 0.25) is 15.9 Å². The molecule has 1 aliphatic heterocycles. The zero-order valence-electron chi connectivity index (χ0n) is 12.2. The van der Waals surface area contributed by atoms with Crippen LogP contribution in [0.15, 0.2) is 0 Å². The average Bonchev–Trinajstić information content (AvgIpc) is 2.78. The summed E-state index contributed by atoms with van der Waals surface area (Å²) in [6.07, 6.45) is 2.73. The van der Waals surface area contributed by atoms with E-state index in [2.05, 4.69) is 5.32 Å². The van der Waals surface area contributed by atoms with Crippen LogP contribution in [0, 0.1) is 11.8 Å². The number of aliphatic hydroxyl groups excluding tert-OH is 2. The second-order valence-corrected chi connectivity index (χ2v) is 8.11. The Morgan fingerprint density at radius 1 is 1.29 bits per heavy atom. The lowest BCUT2D eigenvalue weighted by atomic mass is 9.96. The second-order valence-electron chi connectivity index (χ2n) is 6.12. The molecule has 1 saturated carbocycles. The number of nitrogens with one attached hydrogen (secondary N) is 1. The van der Waals surface area contributed by atoms with Crippen LogP contribution < -0.4 is 5.32 Å². The molecule has 7 nitrogen and oxygen atoms in total. The van der Waals surface area contributed by atoms with Gasteiger partial charge in [0, 0.05) is 37.6 Å². The molecule has 0 unspecified atom stereocenters. The van der Waals surface area contributed by atoms with Crippen LogP contribution in [-0.2, 0) is 14.8 Å². The van der Waals surface area contributed by atoms with Crippen LogP contribution in [0.3, 0.4) is 0 Å². The van der Waals surface area contributed by atoms with Gasteiger partial charge in [-0.25, -0.2) is 12.7 Å². The van der Waals surface area contributed by atoms with E-state index in [9.17, 15) is 18.3 Å². The Morgan fingerprint density at radius 2 is 1.90 bits per heavy atom. The van der Waals surface area contributed by atoms with Crippen LogP contribution in [-0.4, -0.2) is 66.9 Å². The van der Waals surface area contributed by atoms with Gasteiger partial charge in [-0.3, -0.25) is 4.79 Å². The van der Waals surface area contributed by atoms with Crippen molar-refractivity contribution in [3.63, 3.8) is 0 Å². The summed E-state index contributed by atoms with van der Waals surface area (Å²) in [6, 6.07) is -0.0995. The van der Waals surface area contributed by atoms with Gasteiger partial charge in [-0.05, 0) is 25.7 Å². The number of piperidine rings is 1. The van der Waals surface area contributed by atoms with E-state index in [0.717, 1.165) is 0 Å². The Labute approximate surface area is 125 Å². The second kappa shape index (κ2) is 6.60. The number of carbonyl (C=O) groups is 1. The molecule has 3 N–H and O–H groups in total. The summed E-state index contributed by atoms with van der Waals surface area (Å²) in [6.45, 7) is 0.688. The fourth-order valence-corrected chi connectivity index (χ4v) is 4.06. The Hall–Kier alpha value is -0.700. The quantitative estimate of drug-likeness (QED) is 0.610. The molecule has 1 amide bonds. The molecule has 8 heteroatoms. The Bertz CT molecular complexity index is 473. The number of hydrogen-bond donors (Lipinski definition) is 3. The summed E-state index contributed by atoms with van der Waals surface area (Å²) in [7, 11) is -3.17. The zero-order chi connectivity index (χ0) is 15.6. The Kier molecular flexibility index (Phi) is 5.24.